The maximum absolute atomic E-state index is 13.4. The van der Waals surface area contributed by atoms with Gasteiger partial charge < -0.3 is 9.47 Å². The minimum absolute atomic E-state index is 0.320. The number of hydrogen-bond acceptors (Lipinski definition) is 6. The molecule has 3 aromatic carbocycles. The molecule has 2 saturated heterocycles. The zero-order valence-electron chi connectivity index (χ0n) is 19.4. The zero-order chi connectivity index (χ0) is 24.5. The predicted molar refractivity (Wildman–Crippen MR) is 126 cm³/mol. The lowest BCUT2D eigenvalue weighted by Gasteiger charge is -2.25. The standard InChI is InChI=1S/C27H25FN2O5/c1-3-33-22-15-18(9-14-21(22)34-16-17-7-5-4-6-8-17)24-23-25(35-29(24)2)27(32)30(26(23)31)20-12-10-19(28)11-13-20/h4-15,23-25H,3,16H2,1-2H3/t23-,24-,25-/m1/s1. The van der Waals surface area contributed by atoms with E-state index in [4.69, 9.17) is 14.3 Å². The van der Waals surface area contributed by atoms with E-state index in [1.165, 1.54) is 24.3 Å². The highest BCUT2D eigenvalue weighted by Crippen LogP contribution is 2.46. The number of hydroxylamine groups is 2. The number of hydrogen-bond donors (Lipinski definition) is 0. The third kappa shape index (κ3) is 4.26. The summed E-state index contributed by atoms with van der Waals surface area (Å²) in [6.07, 6.45) is -0.952. The van der Waals surface area contributed by atoms with Crippen LogP contribution in [0.4, 0.5) is 10.1 Å². The first-order chi connectivity index (χ1) is 17.0. The number of carbonyl (C=O) groups excluding carboxylic acids is 2. The molecule has 0 saturated carbocycles. The number of anilines is 1. The van der Waals surface area contributed by atoms with Crippen LogP contribution in [0.25, 0.3) is 0 Å². The summed E-state index contributed by atoms with van der Waals surface area (Å²) in [4.78, 5) is 33.4. The number of nitrogens with zero attached hydrogens (tertiary/aromatic N) is 2. The van der Waals surface area contributed by atoms with Crippen LogP contribution in [0, 0.1) is 11.7 Å². The van der Waals surface area contributed by atoms with Crippen molar-refractivity contribution in [2.45, 2.75) is 25.7 Å². The van der Waals surface area contributed by atoms with Crippen LogP contribution < -0.4 is 14.4 Å². The maximum Gasteiger partial charge on any atom is 0.265 e. The number of rotatable bonds is 7. The molecule has 0 aliphatic carbocycles. The summed E-state index contributed by atoms with van der Waals surface area (Å²) in [6, 6.07) is 20.1. The number of fused-ring (bicyclic) bond motifs is 1. The highest BCUT2D eigenvalue weighted by molar-refractivity contribution is 6.23. The van der Waals surface area contributed by atoms with Gasteiger partial charge >= 0.3 is 0 Å². The number of imide groups is 1. The molecule has 2 fully saturated rings. The van der Waals surface area contributed by atoms with Crippen molar-refractivity contribution in [1.82, 2.24) is 5.06 Å². The summed E-state index contributed by atoms with van der Waals surface area (Å²) >= 11 is 0. The number of ether oxygens (including phenoxy) is 2. The lowest BCUT2D eigenvalue weighted by molar-refractivity contribution is -0.160. The quantitative estimate of drug-likeness (QED) is 0.474. The number of amides is 2. The Bertz CT molecular complexity index is 1230. The lowest BCUT2D eigenvalue weighted by Crippen LogP contribution is -2.36. The van der Waals surface area contributed by atoms with E-state index in [2.05, 4.69) is 0 Å². The molecule has 0 radical (unpaired) electrons. The first-order valence-electron chi connectivity index (χ1n) is 11.4. The number of carbonyl (C=O) groups is 2. The van der Waals surface area contributed by atoms with E-state index < -0.39 is 29.8 Å². The van der Waals surface area contributed by atoms with E-state index in [1.54, 1.807) is 12.1 Å². The largest absolute Gasteiger partial charge is 0.490 e. The molecule has 2 aliphatic rings. The van der Waals surface area contributed by atoms with E-state index in [0.29, 0.717) is 30.4 Å². The van der Waals surface area contributed by atoms with Gasteiger partial charge in [0.05, 0.1) is 24.3 Å². The summed E-state index contributed by atoms with van der Waals surface area (Å²) in [6.45, 7) is 2.70. The van der Waals surface area contributed by atoms with Crippen molar-refractivity contribution in [2.24, 2.45) is 5.92 Å². The van der Waals surface area contributed by atoms with E-state index in [-0.39, 0.29) is 5.91 Å². The average Bonchev–Trinajstić information content (AvgIpc) is 3.33. The molecule has 0 unspecified atom stereocenters. The van der Waals surface area contributed by atoms with Gasteiger partial charge in [0.25, 0.3) is 5.91 Å². The summed E-state index contributed by atoms with van der Waals surface area (Å²) < 4.78 is 25.2. The minimum atomic E-state index is -0.952. The second-order valence-electron chi connectivity index (χ2n) is 8.44. The molecule has 5 rings (SSSR count). The second-order valence-corrected chi connectivity index (χ2v) is 8.44. The first kappa shape index (κ1) is 23.0. The fraction of sp³-hybridized carbons (Fsp3) is 0.259. The van der Waals surface area contributed by atoms with Crippen molar-refractivity contribution in [1.29, 1.82) is 0 Å². The molecule has 7 nitrogen and oxygen atoms in total. The molecule has 35 heavy (non-hydrogen) atoms. The van der Waals surface area contributed by atoms with Gasteiger partial charge in [0, 0.05) is 7.05 Å². The smallest absolute Gasteiger partial charge is 0.265 e. The number of benzene rings is 3. The van der Waals surface area contributed by atoms with E-state index in [9.17, 15) is 14.0 Å². The third-order valence-electron chi connectivity index (χ3n) is 6.24. The minimum Gasteiger partial charge on any atom is -0.490 e. The van der Waals surface area contributed by atoms with Crippen LogP contribution in [-0.2, 0) is 21.0 Å². The van der Waals surface area contributed by atoms with Gasteiger partial charge in [-0.15, -0.1) is 0 Å². The fourth-order valence-electron chi connectivity index (χ4n) is 4.64. The highest BCUT2D eigenvalue weighted by Gasteiger charge is 2.59. The Hall–Kier alpha value is -3.75. The Labute approximate surface area is 202 Å². The molecule has 0 spiro atoms. The van der Waals surface area contributed by atoms with Crippen molar-refractivity contribution >= 4 is 17.5 Å². The molecular weight excluding hydrogens is 451 g/mol. The van der Waals surface area contributed by atoms with Gasteiger partial charge in [-0.2, -0.15) is 5.06 Å². The molecule has 0 bridgehead atoms. The van der Waals surface area contributed by atoms with Crippen molar-refractivity contribution < 1.29 is 28.3 Å². The second kappa shape index (κ2) is 9.48. The molecule has 0 N–H and O–H groups in total. The van der Waals surface area contributed by atoms with Crippen molar-refractivity contribution in [2.75, 3.05) is 18.6 Å². The lowest BCUT2D eigenvalue weighted by atomic mass is 9.91. The van der Waals surface area contributed by atoms with Gasteiger partial charge in [0.15, 0.2) is 17.6 Å². The zero-order valence-corrected chi connectivity index (χ0v) is 19.4. The average molecular weight is 477 g/mol. The normalized spacial score (nSPS) is 21.9. The van der Waals surface area contributed by atoms with Crippen LogP contribution in [0.5, 0.6) is 11.5 Å². The van der Waals surface area contributed by atoms with Gasteiger partial charge in [-0.05, 0) is 54.4 Å². The van der Waals surface area contributed by atoms with E-state index in [1.807, 2.05) is 55.5 Å². The molecular formula is C27H25FN2O5. The summed E-state index contributed by atoms with van der Waals surface area (Å²) in [5.74, 6) is -0.913. The SMILES string of the molecule is CCOc1cc([C@@H]2[C@H]3C(=O)N(c4ccc(F)cc4)C(=O)[C@@H]3ON2C)ccc1OCc1ccccc1. The monoisotopic (exact) mass is 476 g/mol. The molecule has 2 heterocycles. The number of halogens is 1. The summed E-state index contributed by atoms with van der Waals surface area (Å²) in [5.41, 5.74) is 2.11. The first-order valence-corrected chi connectivity index (χ1v) is 11.4. The predicted octanol–water partition coefficient (Wildman–Crippen LogP) is 4.28. The molecule has 3 aromatic rings. The van der Waals surface area contributed by atoms with Gasteiger partial charge in [-0.3, -0.25) is 14.4 Å². The van der Waals surface area contributed by atoms with Crippen LogP contribution in [0.15, 0.2) is 72.8 Å². The van der Waals surface area contributed by atoms with E-state index >= 15 is 0 Å². The third-order valence-corrected chi connectivity index (χ3v) is 6.24. The highest BCUT2D eigenvalue weighted by atomic mass is 19.1. The van der Waals surface area contributed by atoms with Crippen molar-refractivity contribution in [3.8, 4) is 11.5 Å². The Morgan fingerprint density at radius 3 is 2.37 bits per heavy atom. The van der Waals surface area contributed by atoms with E-state index in [0.717, 1.165) is 16.0 Å². The van der Waals surface area contributed by atoms with Gasteiger partial charge in [-0.1, -0.05) is 36.4 Å². The van der Waals surface area contributed by atoms with Crippen molar-refractivity contribution in [3.63, 3.8) is 0 Å². The van der Waals surface area contributed by atoms with Crippen molar-refractivity contribution in [3.05, 3.63) is 89.7 Å². The summed E-state index contributed by atoms with van der Waals surface area (Å²) in [5, 5.41) is 1.54. The van der Waals surface area contributed by atoms with Gasteiger partial charge in [0.2, 0.25) is 5.91 Å². The van der Waals surface area contributed by atoms with Crippen LogP contribution in [-0.4, -0.2) is 36.6 Å². The molecule has 8 heteroatoms. The van der Waals surface area contributed by atoms with Crippen LogP contribution in [0.2, 0.25) is 0 Å². The Morgan fingerprint density at radius 1 is 0.914 bits per heavy atom. The summed E-state index contributed by atoms with van der Waals surface area (Å²) in [7, 11) is 1.70. The fourth-order valence-corrected chi connectivity index (χ4v) is 4.64. The molecule has 3 atom stereocenters. The molecule has 180 valence electrons. The van der Waals surface area contributed by atoms with Crippen LogP contribution in [0.3, 0.4) is 0 Å². The van der Waals surface area contributed by atoms with Crippen LogP contribution in [0.1, 0.15) is 24.1 Å². The molecule has 2 amide bonds. The molecule has 0 aromatic heterocycles. The van der Waals surface area contributed by atoms with Crippen LogP contribution >= 0.6 is 0 Å². The Morgan fingerprint density at radius 2 is 1.66 bits per heavy atom. The van der Waals surface area contributed by atoms with Gasteiger partial charge in [-0.25, -0.2) is 9.29 Å². The molecule has 2 aliphatic heterocycles. The topological polar surface area (TPSA) is 68.3 Å². The Balaban J connectivity index is 1.42. The maximum atomic E-state index is 13.4. The van der Waals surface area contributed by atoms with Gasteiger partial charge in [0.1, 0.15) is 12.4 Å². The Kier molecular flexibility index (Phi) is 6.23.